The van der Waals surface area contributed by atoms with Crippen LogP contribution in [0, 0.1) is 5.92 Å². The first-order chi connectivity index (χ1) is 9.20. The highest BCUT2D eigenvalue weighted by Crippen LogP contribution is 2.29. The standard InChI is InChI=1S/C14H19F3N2O/c1-9(2)6-12(18)8-19-13(20)10-4-3-5-11(7-10)14(15,16)17/h3-5,7,9,12H,6,8,18H2,1-2H3,(H,19,20). The number of benzene rings is 1. The molecule has 3 nitrogen and oxygen atoms in total. The number of alkyl halides is 3. The smallest absolute Gasteiger partial charge is 0.350 e. The first-order valence-corrected chi connectivity index (χ1v) is 6.41. The minimum absolute atomic E-state index is 0.0171. The maximum Gasteiger partial charge on any atom is 0.416 e. The van der Waals surface area contributed by atoms with E-state index >= 15 is 0 Å². The number of nitrogens with one attached hydrogen (secondary N) is 1. The van der Waals surface area contributed by atoms with Crippen LogP contribution in [-0.2, 0) is 6.18 Å². The fourth-order valence-electron chi connectivity index (χ4n) is 1.85. The van der Waals surface area contributed by atoms with Crippen molar-refractivity contribution in [2.24, 2.45) is 11.7 Å². The van der Waals surface area contributed by atoms with Gasteiger partial charge in [-0.2, -0.15) is 13.2 Å². The summed E-state index contributed by atoms with van der Waals surface area (Å²) in [4.78, 5) is 11.8. The van der Waals surface area contributed by atoms with Crippen LogP contribution in [0.5, 0.6) is 0 Å². The zero-order valence-corrected chi connectivity index (χ0v) is 11.5. The van der Waals surface area contributed by atoms with E-state index in [2.05, 4.69) is 5.32 Å². The van der Waals surface area contributed by atoms with Crippen LogP contribution >= 0.6 is 0 Å². The molecule has 1 amide bonds. The molecular weight excluding hydrogens is 269 g/mol. The van der Waals surface area contributed by atoms with Crippen molar-refractivity contribution in [3.05, 3.63) is 35.4 Å². The van der Waals surface area contributed by atoms with Crippen molar-refractivity contribution in [1.29, 1.82) is 0 Å². The molecule has 1 unspecified atom stereocenters. The van der Waals surface area contributed by atoms with Crippen LogP contribution in [0.2, 0.25) is 0 Å². The molecule has 1 aromatic rings. The van der Waals surface area contributed by atoms with E-state index in [1.165, 1.54) is 12.1 Å². The summed E-state index contributed by atoms with van der Waals surface area (Å²) < 4.78 is 37.6. The second-order valence-corrected chi connectivity index (χ2v) is 5.18. The Hall–Kier alpha value is -1.56. The van der Waals surface area contributed by atoms with Gasteiger partial charge in [0.2, 0.25) is 0 Å². The highest BCUT2D eigenvalue weighted by atomic mass is 19.4. The Morgan fingerprint density at radius 1 is 1.35 bits per heavy atom. The number of amides is 1. The summed E-state index contributed by atoms with van der Waals surface area (Å²) in [5.41, 5.74) is 4.95. The van der Waals surface area contributed by atoms with Gasteiger partial charge in [0, 0.05) is 18.2 Å². The summed E-state index contributed by atoms with van der Waals surface area (Å²) in [6.45, 7) is 4.26. The molecule has 0 aliphatic heterocycles. The molecule has 1 rings (SSSR count). The van der Waals surface area contributed by atoms with Gasteiger partial charge in [-0.25, -0.2) is 0 Å². The first-order valence-electron chi connectivity index (χ1n) is 6.41. The third-order valence-corrected chi connectivity index (χ3v) is 2.75. The molecular formula is C14H19F3N2O. The van der Waals surface area contributed by atoms with Gasteiger partial charge in [0.25, 0.3) is 5.91 Å². The molecule has 0 spiro atoms. The van der Waals surface area contributed by atoms with Gasteiger partial charge in [-0.3, -0.25) is 4.79 Å². The lowest BCUT2D eigenvalue weighted by atomic mass is 10.0. The van der Waals surface area contributed by atoms with Crippen LogP contribution in [0.15, 0.2) is 24.3 Å². The Kier molecular flexibility index (Phi) is 5.56. The third kappa shape index (κ3) is 5.21. The number of rotatable bonds is 5. The third-order valence-electron chi connectivity index (χ3n) is 2.75. The molecule has 0 heterocycles. The zero-order chi connectivity index (χ0) is 15.3. The second kappa shape index (κ2) is 6.74. The first kappa shape index (κ1) is 16.5. The molecule has 0 saturated heterocycles. The SMILES string of the molecule is CC(C)CC(N)CNC(=O)c1cccc(C(F)(F)F)c1. The van der Waals surface area contributed by atoms with Gasteiger partial charge in [-0.15, -0.1) is 0 Å². The van der Waals surface area contributed by atoms with Gasteiger partial charge in [0.05, 0.1) is 5.56 Å². The van der Waals surface area contributed by atoms with Crippen molar-refractivity contribution in [2.75, 3.05) is 6.54 Å². The fraction of sp³-hybridized carbons (Fsp3) is 0.500. The lowest BCUT2D eigenvalue weighted by Gasteiger charge is -2.15. The Balaban J connectivity index is 2.64. The molecule has 0 radical (unpaired) electrons. The van der Waals surface area contributed by atoms with Crippen LogP contribution < -0.4 is 11.1 Å². The van der Waals surface area contributed by atoms with E-state index in [0.717, 1.165) is 18.6 Å². The maximum absolute atomic E-state index is 12.5. The molecule has 0 aromatic heterocycles. The van der Waals surface area contributed by atoms with Crippen LogP contribution in [0.1, 0.15) is 36.2 Å². The average molecular weight is 288 g/mol. The van der Waals surface area contributed by atoms with Crippen LogP contribution in [0.4, 0.5) is 13.2 Å². The van der Waals surface area contributed by atoms with Crippen molar-refractivity contribution in [2.45, 2.75) is 32.5 Å². The van der Waals surface area contributed by atoms with E-state index in [9.17, 15) is 18.0 Å². The molecule has 0 saturated carbocycles. The van der Waals surface area contributed by atoms with Crippen molar-refractivity contribution < 1.29 is 18.0 Å². The summed E-state index contributed by atoms with van der Waals surface area (Å²) >= 11 is 0. The van der Waals surface area contributed by atoms with E-state index < -0.39 is 17.6 Å². The molecule has 0 bridgehead atoms. The Morgan fingerprint density at radius 3 is 2.55 bits per heavy atom. The quantitative estimate of drug-likeness (QED) is 0.875. The number of halogens is 3. The Labute approximate surface area is 116 Å². The summed E-state index contributed by atoms with van der Waals surface area (Å²) in [5, 5.41) is 2.55. The average Bonchev–Trinajstić information content (AvgIpc) is 2.34. The van der Waals surface area contributed by atoms with E-state index in [1.807, 2.05) is 13.8 Å². The fourth-order valence-corrected chi connectivity index (χ4v) is 1.85. The maximum atomic E-state index is 12.5. The molecule has 112 valence electrons. The second-order valence-electron chi connectivity index (χ2n) is 5.18. The van der Waals surface area contributed by atoms with Crippen LogP contribution in [-0.4, -0.2) is 18.5 Å². The molecule has 0 aliphatic carbocycles. The lowest BCUT2D eigenvalue weighted by Crippen LogP contribution is -2.38. The van der Waals surface area contributed by atoms with Crippen molar-refractivity contribution in [3.8, 4) is 0 Å². The largest absolute Gasteiger partial charge is 0.416 e. The minimum Gasteiger partial charge on any atom is -0.350 e. The zero-order valence-electron chi connectivity index (χ0n) is 11.5. The lowest BCUT2D eigenvalue weighted by molar-refractivity contribution is -0.137. The van der Waals surface area contributed by atoms with Gasteiger partial charge in [-0.1, -0.05) is 19.9 Å². The molecule has 0 fully saturated rings. The van der Waals surface area contributed by atoms with Gasteiger partial charge in [0.15, 0.2) is 0 Å². The van der Waals surface area contributed by atoms with Crippen LogP contribution in [0.3, 0.4) is 0 Å². The predicted octanol–water partition coefficient (Wildman–Crippen LogP) is 2.81. The Morgan fingerprint density at radius 2 is 2.00 bits per heavy atom. The molecule has 1 atom stereocenters. The predicted molar refractivity (Wildman–Crippen MR) is 71.2 cm³/mol. The highest BCUT2D eigenvalue weighted by Gasteiger charge is 2.30. The summed E-state index contributed by atoms with van der Waals surface area (Å²) in [5.74, 6) is -0.147. The number of hydrogen-bond donors (Lipinski definition) is 2. The topological polar surface area (TPSA) is 55.1 Å². The van der Waals surface area contributed by atoms with E-state index in [1.54, 1.807) is 0 Å². The molecule has 1 aromatic carbocycles. The van der Waals surface area contributed by atoms with Gasteiger partial charge in [-0.05, 0) is 30.5 Å². The van der Waals surface area contributed by atoms with E-state index in [4.69, 9.17) is 5.73 Å². The molecule has 3 N–H and O–H groups in total. The van der Waals surface area contributed by atoms with Crippen LogP contribution in [0.25, 0.3) is 0 Å². The molecule has 0 aliphatic rings. The van der Waals surface area contributed by atoms with Gasteiger partial charge < -0.3 is 11.1 Å². The number of carbonyl (C=O) groups is 1. The summed E-state index contributed by atoms with van der Waals surface area (Å²) in [6.07, 6.45) is -3.72. The van der Waals surface area contributed by atoms with Crippen molar-refractivity contribution in [1.82, 2.24) is 5.32 Å². The number of nitrogens with two attached hydrogens (primary N) is 1. The van der Waals surface area contributed by atoms with Crippen molar-refractivity contribution in [3.63, 3.8) is 0 Å². The van der Waals surface area contributed by atoms with E-state index in [0.29, 0.717) is 5.92 Å². The van der Waals surface area contributed by atoms with Gasteiger partial charge >= 0.3 is 6.18 Å². The summed E-state index contributed by atoms with van der Waals surface area (Å²) in [7, 11) is 0. The minimum atomic E-state index is -4.45. The van der Waals surface area contributed by atoms with E-state index in [-0.39, 0.29) is 18.2 Å². The number of carbonyl (C=O) groups excluding carboxylic acids is 1. The van der Waals surface area contributed by atoms with Crippen molar-refractivity contribution >= 4 is 5.91 Å². The number of hydrogen-bond acceptors (Lipinski definition) is 2. The highest BCUT2D eigenvalue weighted by molar-refractivity contribution is 5.94. The molecule has 20 heavy (non-hydrogen) atoms. The summed E-state index contributed by atoms with van der Waals surface area (Å²) in [6, 6.07) is 4.12. The molecule has 6 heteroatoms. The van der Waals surface area contributed by atoms with Gasteiger partial charge in [0.1, 0.15) is 0 Å². The monoisotopic (exact) mass is 288 g/mol. The Bertz CT molecular complexity index is 458. The normalized spacial score (nSPS) is 13.3.